The maximum atomic E-state index is 13.6. The van der Waals surface area contributed by atoms with Crippen LogP contribution in [0.2, 0.25) is 0 Å². The molecule has 1 atom stereocenters. The van der Waals surface area contributed by atoms with Crippen molar-refractivity contribution in [3.63, 3.8) is 0 Å². The minimum Gasteiger partial charge on any atom is -0.490 e. The van der Waals surface area contributed by atoms with E-state index in [1.165, 1.54) is 12.1 Å². The molecule has 5 rings (SSSR count). The van der Waals surface area contributed by atoms with Crippen LogP contribution in [-0.4, -0.2) is 36.9 Å². The Kier molecular flexibility index (Phi) is 8.20. The van der Waals surface area contributed by atoms with Crippen molar-refractivity contribution < 1.29 is 33.0 Å². The molecule has 3 aromatic carbocycles. The number of hydrogen-bond donors (Lipinski definition) is 1. The van der Waals surface area contributed by atoms with Gasteiger partial charge in [-0.15, -0.1) is 0 Å². The molecular formula is C33H33NO8. The Hall–Kier alpha value is -4.79. The van der Waals surface area contributed by atoms with Crippen molar-refractivity contribution in [3.05, 3.63) is 88.3 Å². The molecule has 1 aliphatic heterocycles. The fraction of sp³-hybridized carbons (Fsp3) is 0.303. The summed E-state index contributed by atoms with van der Waals surface area (Å²) in [5, 5.41) is 2.95. The topological polar surface area (TPSA) is 113 Å². The average Bonchev–Trinajstić information content (AvgIpc) is 3.17. The van der Waals surface area contributed by atoms with E-state index < -0.39 is 23.7 Å². The van der Waals surface area contributed by atoms with E-state index in [4.69, 9.17) is 23.4 Å². The van der Waals surface area contributed by atoms with Crippen LogP contribution in [-0.2, 0) is 16.0 Å². The van der Waals surface area contributed by atoms with Gasteiger partial charge in [0, 0.05) is 18.9 Å². The van der Waals surface area contributed by atoms with E-state index in [-0.39, 0.29) is 23.2 Å². The number of rotatable bonds is 6. The van der Waals surface area contributed by atoms with Crippen LogP contribution in [0, 0.1) is 6.92 Å². The van der Waals surface area contributed by atoms with E-state index in [1.54, 1.807) is 52.0 Å². The summed E-state index contributed by atoms with van der Waals surface area (Å²) in [6.07, 6.45) is 0.236. The highest BCUT2D eigenvalue weighted by Crippen LogP contribution is 2.35. The maximum Gasteiger partial charge on any atom is 0.408 e. The number of amides is 1. The first-order valence-corrected chi connectivity index (χ1v) is 13.8. The third-order valence-electron chi connectivity index (χ3n) is 6.55. The van der Waals surface area contributed by atoms with Gasteiger partial charge in [-0.1, -0.05) is 36.4 Å². The Morgan fingerprint density at radius 3 is 2.43 bits per heavy atom. The molecule has 0 saturated heterocycles. The molecule has 218 valence electrons. The molecule has 1 aliphatic rings. The first kappa shape index (κ1) is 28.7. The molecule has 0 aliphatic carbocycles. The molecule has 9 nitrogen and oxygen atoms in total. The number of alkyl carbamates (subject to hydrolysis) is 1. The summed E-state index contributed by atoms with van der Waals surface area (Å²) >= 11 is 0. The number of carbonyl (C=O) groups is 2. The number of nitrogens with one attached hydrogen (secondary N) is 1. The summed E-state index contributed by atoms with van der Waals surface area (Å²) < 4.78 is 28.6. The first-order valence-electron chi connectivity index (χ1n) is 13.8. The molecule has 2 heterocycles. The van der Waals surface area contributed by atoms with Gasteiger partial charge < -0.3 is 28.7 Å². The van der Waals surface area contributed by atoms with E-state index in [1.807, 2.05) is 30.3 Å². The van der Waals surface area contributed by atoms with Gasteiger partial charge in [0.25, 0.3) is 0 Å². The van der Waals surface area contributed by atoms with Crippen molar-refractivity contribution in [2.75, 3.05) is 13.2 Å². The first-order chi connectivity index (χ1) is 20.1. The van der Waals surface area contributed by atoms with Gasteiger partial charge in [-0.3, -0.25) is 4.79 Å². The average molecular weight is 572 g/mol. The van der Waals surface area contributed by atoms with Crippen LogP contribution >= 0.6 is 0 Å². The second-order valence-corrected chi connectivity index (χ2v) is 11.0. The van der Waals surface area contributed by atoms with Crippen LogP contribution in [0.25, 0.3) is 22.1 Å². The van der Waals surface area contributed by atoms with Crippen molar-refractivity contribution in [3.8, 4) is 28.4 Å². The number of benzene rings is 3. The van der Waals surface area contributed by atoms with Gasteiger partial charge in [-0.05, 0) is 63.1 Å². The Morgan fingerprint density at radius 2 is 1.69 bits per heavy atom. The van der Waals surface area contributed by atoms with Crippen molar-refractivity contribution in [1.29, 1.82) is 0 Å². The third-order valence-corrected chi connectivity index (χ3v) is 6.55. The predicted octanol–water partition coefficient (Wildman–Crippen LogP) is 5.97. The molecule has 0 bridgehead atoms. The van der Waals surface area contributed by atoms with Gasteiger partial charge >= 0.3 is 12.1 Å². The summed E-state index contributed by atoms with van der Waals surface area (Å²) in [6, 6.07) is 18.2. The second-order valence-electron chi connectivity index (χ2n) is 11.0. The zero-order valence-corrected chi connectivity index (χ0v) is 24.0. The highest BCUT2D eigenvalue weighted by Gasteiger charge is 2.27. The van der Waals surface area contributed by atoms with Crippen molar-refractivity contribution in [2.45, 2.75) is 52.2 Å². The Balaban J connectivity index is 1.40. The Bertz CT molecular complexity index is 1670. The molecule has 4 aromatic rings. The second kappa shape index (κ2) is 12.0. The molecule has 0 fully saturated rings. The van der Waals surface area contributed by atoms with E-state index in [0.717, 1.165) is 12.0 Å². The van der Waals surface area contributed by atoms with Crippen LogP contribution in [0.1, 0.15) is 38.5 Å². The van der Waals surface area contributed by atoms with Crippen molar-refractivity contribution in [2.24, 2.45) is 0 Å². The number of aryl methyl sites for hydroxylation is 1. The van der Waals surface area contributed by atoms with Crippen LogP contribution in [0.5, 0.6) is 17.2 Å². The van der Waals surface area contributed by atoms with E-state index in [9.17, 15) is 14.4 Å². The van der Waals surface area contributed by atoms with Gasteiger partial charge in [0.1, 0.15) is 28.7 Å². The fourth-order valence-corrected chi connectivity index (χ4v) is 4.68. The normalized spacial score (nSPS) is 13.6. The van der Waals surface area contributed by atoms with Gasteiger partial charge in [0.2, 0.25) is 5.43 Å². The van der Waals surface area contributed by atoms with Gasteiger partial charge in [0.05, 0.1) is 24.2 Å². The summed E-state index contributed by atoms with van der Waals surface area (Å²) in [7, 11) is 0. The van der Waals surface area contributed by atoms with Crippen molar-refractivity contribution >= 4 is 23.0 Å². The predicted molar refractivity (Wildman–Crippen MR) is 157 cm³/mol. The third kappa shape index (κ3) is 6.74. The van der Waals surface area contributed by atoms with E-state index >= 15 is 0 Å². The summed E-state index contributed by atoms with van der Waals surface area (Å²) in [4.78, 5) is 39.3. The molecule has 0 saturated carbocycles. The Morgan fingerprint density at radius 1 is 0.952 bits per heavy atom. The minimum atomic E-state index is -1.02. The molecular weight excluding hydrogens is 538 g/mol. The highest BCUT2D eigenvalue weighted by molar-refractivity contribution is 5.87. The molecule has 9 heteroatoms. The summed E-state index contributed by atoms with van der Waals surface area (Å²) in [6.45, 7) is 8.02. The van der Waals surface area contributed by atoms with E-state index in [2.05, 4.69) is 5.32 Å². The zero-order valence-electron chi connectivity index (χ0n) is 24.0. The fourth-order valence-electron chi connectivity index (χ4n) is 4.68. The zero-order chi connectivity index (χ0) is 29.9. The molecule has 0 radical (unpaired) electrons. The van der Waals surface area contributed by atoms with Crippen LogP contribution in [0.4, 0.5) is 4.79 Å². The minimum absolute atomic E-state index is 0.169. The van der Waals surface area contributed by atoms with Crippen LogP contribution in [0.15, 0.2) is 75.9 Å². The van der Waals surface area contributed by atoms with E-state index in [0.29, 0.717) is 47.0 Å². The highest BCUT2D eigenvalue weighted by atomic mass is 16.6. The Labute approximate surface area is 243 Å². The number of esters is 1. The monoisotopic (exact) mass is 571 g/mol. The van der Waals surface area contributed by atoms with Gasteiger partial charge in [-0.25, -0.2) is 9.59 Å². The molecule has 1 amide bonds. The number of hydrogen-bond acceptors (Lipinski definition) is 8. The number of fused-ring (bicyclic) bond motifs is 2. The van der Waals surface area contributed by atoms with Crippen LogP contribution in [0.3, 0.4) is 0 Å². The number of carbonyl (C=O) groups excluding carboxylic acids is 2. The quantitative estimate of drug-likeness (QED) is 0.222. The maximum absolute atomic E-state index is 13.6. The molecule has 0 unspecified atom stereocenters. The largest absolute Gasteiger partial charge is 0.490 e. The number of ether oxygens (including phenoxy) is 4. The lowest BCUT2D eigenvalue weighted by Gasteiger charge is -2.23. The lowest BCUT2D eigenvalue weighted by molar-refractivity contribution is -0.136. The van der Waals surface area contributed by atoms with Crippen molar-refractivity contribution in [1.82, 2.24) is 5.32 Å². The standard InChI is InChI=1S/C33H33NO8/c1-20-29(22-11-14-26-28(18-22)39-16-8-15-38-26)30(35)24-13-12-23(19-27(24)40-20)41-31(36)25(17-21-9-6-5-7-10-21)34-32(37)42-33(2,3)4/h5-7,9-14,18-19,25H,8,15-17H2,1-4H3,(H,34,37)/t25-/m0/s1. The van der Waals surface area contributed by atoms with Gasteiger partial charge in [0.15, 0.2) is 11.5 Å². The molecule has 42 heavy (non-hydrogen) atoms. The lowest BCUT2D eigenvalue weighted by Crippen LogP contribution is -2.46. The molecule has 1 N–H and O–H groups in total. The molecule has 1 aromatic heterocycles. The lowest BCUT2D eigenvalue weighted by atomic mass is 10.0. The SMILES string of the molecule is Cc1oc2cc(OC(=O)[C@H](Cc3ccccc3)NC(=O)OC(C)(C)C)ccc2c(=O)c1-c1ccc2c(c1)OCCCO2. The summed E-state index contributed by atoms with van der Waals surface area (Å²) in [5.41, 5.74) is 1.19. The summed E-state index contributed by atoms with van der Waals surface area (Å²) in [5.74, 6) is 1.10. The molecule has 0 spiro atoms. The van der Waals surface area contributed by atoms with Gasteiger partial charge in [-0.2, -0.15) is 0 Å². The van der Waals surface area contributed by atoms with Crippen LogP contribution < -0.4 is 25.0 Å². The smallest absolute Gasteiger partial charge is 0.408 e.